The number of carbonyl (C=O) groups is 1. The molecule has 0 aliphatic carbocycles. The highest BCUT2D eigenvalue weighted by Crippen LogP contribution is 2.20. The quantitative estimate of drug-likeness (QED) is 0.519. The number of benzene rings is 1. The average Bonchev–Trinajstić information content (AvgIpc) is 2.61. The van der Waals surface area contributed by atoms with Crippen LogP contribution >= 0.6 is 23.2 Å². The fourth-order valence-corrected chi connectivity index (χ4v) is 2.58. The molecule has 0 saturated heterocycles. The first kappa shape index (κ1) is 20.0. The van der Waals surface area contributed by atoms with E-state index in [-0.39, 0.29) is 12.3 Å². The molecular formula is C18H21Cl2N5O. The number of pyridine rings is 1. The van der Waals surface area contributed by atoms with Gasteiger partial charge in [-0.15, -0.1) is 0 Å². The van der Waals surface area contributed by atoms with Crippen molar-refractivity contribution in [1.82, 2.24) is 15.6 Å². The number of carbonyl (C=O) groups excluding carboxylic acids is 1. The summed E-state index contributed by atoms with van der Waals surface area (Å²) in [4.78, 5) is 20.2. The van der Waals surface area contributed by atoms with E-state index in [1.165, 1.54) is 0 Å². The van der Waals surface area contributed by atoms with E-state index < -0.39 is 0 Å². The first-order valence-electron chi connectivity index (χ1n) is 8.09. The molecule has 0 fully saturated rings. The van der Waals surface area contributed by atoms with E-state index in [4.69, 9.17) is 23.2 Å². The molecule has 0 aliphatic rings. The zero-order chi connectivity index (χ0) is 18.9. The van der Waals surface area contributed by atoms with Crippen molar-refractivity contribution in [2.24, 2.45) is 4.99 Å². The number of hydrogen-bond donors (Lipinski definition) is 3. The number of aromatic nitrogens is 1. The van der Waals surface area contributed by atoms with Gasteiger partial charge in [-0.1, -0.05) is 35.3 Å². The summed E-state index contributed by atoms with van der Waals surface area (Å²) in [5.74, 6) is 1.00. The molecule has 0 unspecified atom stereocenters. The fraction of sp³-hybridized carbons (Fsp3) is 0.278. The third kappa shape index (κ3) is 6.54. The Balaban J connectivity index is 1.74. The number of anilines is 1. The summed E-state index contributed by atoms with van der Waals surface area (Å²) < 4.78 is 0. The summed E-state index contributed by atoms with van der Waals surface area (Å²) >= 11 is 12.0. The van der Waals surface area contributed by atoms with E-state index in [1.807, 2.05) is 19.1 Å². The van der Waals surface area contributed by atoms with Crippen LogP contribution in [0.5, 0.6) is 0 Å². The van der Waals surface area contributed by atoms with Gasteiger partial charge in [0.15, 0.2) is 5.96 Å². The van der Waals surface area contributed by atoms with Crippen LogP contribution in [0.25, 0.3) is 0 Å². The lowest BCUT2D eigenvalue weighted by molar-refractivity contribution is -0.116. The molecule has 0 saturated carbocycles. The zero-order valence-electron chi connectivity index (χ0n) is 14.6. The minimum atomic E-state index is -0.120. The van der Waals surface area contributed by atoms with Crippen molar-refractivity contribution in [2.45, 2.75) is 19.9 Å². The number of nitrogens with one attached hydrogen (secondary N) is 3. The maximum absolute atomic E-state index is 11.9. The predicted molar refractivity (Wildman–Crippen MR) is 107 cm³/mol. The smallest absolute Gasteiger partial charge is 0.227 e. The van der Waals surface area contributed by atoms with Crippen molar-refractivity contribution in [3.8, 4) is 0 Å². The minimum absolute atomic E-state index is 0.120. The topological polar surface area (TPSA) is 78.4 Å². The lowest BCUT2D eigenvalue weighted by Crippen LogP contribution is -2.38. The Morgan fingerprint density at radius 1 is 1.19 bits per heavy atom. The number of rotatable bonds is 6. The van der Waals surface area contributed by atoms with E-state index in [1.54, 1.807) is 31.4 Å². The van der Waals surface area contributed by atoms with Crippen LogP contribution in [0.2, 0.25) is 10.0 Å². The van der Waals surface area contributed by atoms with Gasteiger partial charge in [0.05, 0.1) is 0 Å². The molecule has 1 heterocycles. The number of nitrogens with zero attached hydrogens (tertiary/aromatic N) is 2. The molecule has 6 nitrogen and oxygen atoms in total. The molecule has 0 bridgehead atoms. The van der Waals surface area contributed by atoms with Crippen molar-refractivity contribution >= 4 is 40.9 Å². The zero-order valence-corrected chi connectivity index (χ0v) is 16.2. The molecule has 1 amide bonds. The largest absolute Gasteiger partial charge is 0.356 e. The van der Waals surface area contributed by atoms with E-state index in [0.717, 1.165) is 11.1 Å². The summed E-state index contributed by atoms with van der Waals surface area (Å²) in [5.41, 5.74) is 1.95. The van der Waals surface area contributed by atoms with Gasteiger partial charge in [0.1, 0.15) is 5.82 Å². The molecule has 0 atom stereocenters. The van der Waals surface area contributed by atoms with Gasteiger partial charge >= 0.3 is 0 Å². The average molecular weight is 394 g/mol. The van der Waals surface area contributed by atoms with Crippen LogP contribution in [-0.2, 0) is 11.3 Å². The molecule has 8 heteroatoms. The molecule has 0 spiro atoms. The Bertz CT molecular complexity index is 778. The molecule has 1 aromatic heterocycles. The number of amides is 1. The second kappa shape index (κ2) is 9.99. The normalized spacial score (nSPS) is 11.2. The third-order valence-electron chi connectivity index (χ3n) is 3.51. The standard InChI is InChI=1S/C18H21Cl2N5O/c1-12-3-6-16(23-10-12)25-17(26)7-8-22-18(21-2)24-11-13-4-5-14(19)9-15(13)20/h3-6,9-10H,7-8,11H2,1-2H3,(H2,21,22,24)(H,23,25,26). The maximum atomic E-state index is 11.9. The summed E-state index contributed by atoms with van der Waals surface area (Å²) in [7, 11) is 1.66. The predicted octanol–water partition coefficient (Wildman–Crippen LogP) is 3.39. The van der Waals surface area contributed by atoms with Crippen LogP contribution in [0.1, 0.15) is 17.5 Å². The van der Waals surface area contributed by atoms with Gasteiger partial charge in [-0.2, -0.15) is 0 Å². The number of aryl methyl sites for hydroxylation is 1. The molecule has 2 aromatic rings. The van der Waals surface area contributed by atoms with Crippen molar-refractivity contribution < 1.29 is 4.79 Å². The van der Waals surface area contributed by atoms with E-state index >= 15 is 0 Å². The van der Waals surface area contributed by atoms with Crippen LogP contribution in [0.4, 0.5) is 5.82 Å². The summed E-state index contributed by atoms with van der Waals surface area (Å²) in [6.45, 7) is 2.87. The van der Waals surface area contributed by atoms with Crippen LogP contribution in [-0.4, -0.2) is 30.4 Å². The van der Waals surface area contributed by atoms with Crippen LogP contribution in [0.15, 0.2) is 41.5 Å². The summed E-state index contributed by atoms with van der Waals surface area (Å²) in [6.07, 6.45) is 2.00. The molecule has 3 N–H and O–H groups in total. The Morgan fingerprint density at radius 2 is 2.00 bits per heavy atom. The molecule has 1 aromatic carbocycles. The Kier molecular flexibility index (Phi) is 7.69. The minimum Gasteiger partial charge on any atom is -0.356 e. The fourth-order valence-electron chi connectivity index (χ4n) is 2.11. The van der Waals surface area contributed by atoms with Gasteiger partial charge in [-0.25, -0.2) is 4.98 Å². The highest BCUT2D eigenvalue weighted by Gasteiger charge is 2.06. The SMILES string of the molecule is CN=C(NCCC(=O)Nc1ccc(C)cn1)NCc1ccc(Cl)cc1Cl. The Labute approximate surface area is 163 Å². The molecule has 138 valence electrons. The monoisotopic (exact) mass is 393 g/mol. The van der Waals surface area contributed by atoms with E-state index in [2.05, 4.69) is 25.9 Å². The Morgan fingerprint density at radius 3 is 2.65 bits per heavy atom. The van der Waals surface area contributed by atoms with Crippen LogP contribution in [0.3, 0.4) is 0 Å². The molecule has 26 heavy (non-hydrogen) atoms. The maximum Gasteiger partial charge on any atom is 0.227 e. The second-order valence-corrected chi connectivity index (χ2v) is 6.45. The van der Waals surface area contributed by atoms with Gasteiger partial charge < -0.3 is 16.0 Å². The second-order valence-electron chi connectivity index (χ2n) is 5.61. The molecule has 0 aliphatic heterocycles. The number of guanidine groups is 1. The lowest BCUT2D eigenvalue weighted by Gasteiger charge is -2.12. The molecular weight excluding hydrogens is 373 g/mol. The summed E-state index contributed by atoms with van der Waals surface area (Å²) in [6, 6.07) is 9.00. The Hall–Kier alpha value is -2.31. The van der Waals surface area contributed by atoms with Gasteiger partial charge in [0.2, 0.25) is 5.91 Å². The van der Waals surface area contributed by atoms with Crippen molar-refractivity contribution in [3.05, 3.63) is 57.7 Å². The van der Waals surface area contributed by atoms with Gasteiger partial charge in [-0.3, -0.25) is 9.79 Å². The highest BCUT2D eigenvalue weighted by atomic mass is 35.5. The first-order chi connectivity index (χ1) is 12.5. The van der Waals surface area contributed by atoms with Crippen molar-refractivity contribution in [2.75, 3.05) is 18.9 Å². The van der Waals surface area contributed by atoms with Gasteiger partial charge in [0.25, 0.3) is 0 Å². The van der Waals surface area contributed by atoms with Crippen molar-refractivity contribution in [1.29, 1.82) is 0 Å². The third-order valence-corrected chi connectivity index (χ3v) is 4.10. The van der Waals surface area contributed by atoms with E-state index in [0.29, 0.717) is 34.9 Å². The van der Waals surface area contributed by atoms with Crippen LogP contribution < -0.4 is 16.0 Å². The van der Waals surface area contributed by atoms with Crippen molar-refractivity contribution in [3.63, 3.8) is 0 Å². The van der Waals surface area contributed by atoms with E-state index in [9.17, 15) is 4.79 Å². The summed E-state index contributed by atoms with van der Waals surface area (Å²) in [5, 5.41) is 10.2. The van der Waals surface area contributed by atoms with Crippen LogP contribution in [0, 0.1) is 6.92 Å². The first-order valence-corrected chi connectivity index (χ1v) is 8.84. The number of halogens is 2. The van der Waals surface area contributed by atoms with Gasteiger partial charge in [-0.05, 0) is 36.2 Å². The molecule has 2 rings (SSSR count). The molecule has 0 radical (unpaired) electrons. The number of hydrogen-bond acceptors (Lipinski definition) is 3. The van der Waals surface area contributed by atoms with Gasteiger partial charge in [0, 0.05) is 42.8 Å². The number of aliphatic imine (C=N–C) groups is 1. The lowest BCUT2D eigenvalue weighted by atomic mass is 10.2. The highest BCUT2D eigenvalue weighted by molar-refractivity contribution is 6.35.